The number of nitrogens with one attached hydrogen (secondary N) is 2. The highest BCUT2D eigenvalue weighted by molar-refractivity contribution is 6.00. The van der Waals surface area contributed by atoms with Gasteiger partial charge in [-0.25, -0.2) is 4.79 Å². The van der Waals surface area contributed by atoms with E-state index in [1.54, 1.807) is 0 Å². The zero-order valence-corrected chi connectivity index (χ0v) is 11.1. The molecule has 1 saturated heterocycles. The molecule has 2 heterocycles. The van der Waals surface area contributed by atoms with Crippen molar-refractivity contribution in [3.05, 3.63) is 30.5 Å². The van der Waals surface area contributed by atoms with Crippen molar-refractivity contribution >= 4 is 22.6 Å². The minimum Gasteiger partial charge on any atom is -0.361 e. The van der Waals surface area contributed by atoms with Crippen molar-refractivity contribution in [1.29, 1.82) is 0 Å². The third-order valence-corrected chi connectivity index (χ3v) is 3.78. The quantitative estimate of drug-likeness (QED) is 0.807. The maximum atomic E-state index is 12.3. The van der Waals surface area contributed by atoms with E-state index in [2.05, 4.69) is 17.2 Å². The maximum Gasteiger partial charge on any atom is 0.321 e. The van der Waals surface area contributed by atoms with Crippen LogP contribution in [0.3, 0.4) is 0 Å². The molecule has 0 bridgehead atoms. The van der Waals surface area contributed by atoms with Gasteiger partial charge < -0.3 is 15.2 Å². The van der Waals surface area contributed by atoms with Gasteiger partial charge in [-0.3, -0.25) is 0 Å². The molecule has 2 aromatic rings. The Morgan fingerprint density at radius 1 is 1.42 bits per heavy atom. The number of hydrogen-bond acceptors (Lipinski definition) is 1. The van der Waals surface area contributed by atoms with Gasteiger partial charge in [-0.15, -0.1) is 0 Å². The van der Waals surface area contributed by atoms with E-state index in [0.29, 0.717) is 5.92 Å². The predicted octanol–water partition coefficient (Wildman–Crippen LogP) is 3.43. The second kappa shape index (κ2) is 4.96. The number of H-pyrrole nitrogens is 1. The van der Waals surface area contributed by atoms with Crippen LogP contribution in [0.2, 0.25) is 0 Å². The van der Waals surface area contributed by atoms with Crippen LogP contribution >= 0.6 is 0 Å². The molecule has 1 fully saturated rings. The van der Waals surface area contributed by atoms with Crippen LogP contribution in [0, 0.1) is 5.92 Å². The van der Waals surface area contributed by atoms with Crippen molar-refractivity contribution in [2.45, 2.75) is 19.8 Å². The van der Waals surface area contributed by atoms with E-state index in [0.717, 1.165) is 36.1 Å². The predicted molar refractivity (Wildman–Crippen MR) is 77.3 cm³/mol. The van der Waals surface area contributed by atoms with Crippen LogP contribution in [0.4, 0.5) is 10.5 Å². The second-order valence-electron chi connectivity index (χ2n) is 5.37. The number of carbonyl (C=O) groups is 1. The van der Waals surface area contributed by atoms with Gasteiger partial charge in [-0.1, -0.05) is 13.0 Å². The smallest absolute Gasteiger partial charge is 0.321 e. The summed E-state index contributed by atoms with van der Waals surface area (Å²) in [6.07, 6.45) is 4.21. The fourth-order valence-electron chi connectivity index (χ4n) is 2.76. The summed E-state index contributed by atoms with van der Waals surface area (Å²) in [7, 11) is 0. The van der Waals surface area contributed by atoms with Crippen molar-refractivity contribution in [2.24, 2.45) is 5.92 Å². The largest absolute Gasteiger partial charge is 0.361 e. The lowest BCUT2D eigenvalue weighted by atomic mass is 10.0. The number of rotatable bonds is 1. The molecular weight excluding hydrogens is 238 g/mol. The maximum absolute atomic E-state index is 12.3. The summed E-state index contributed by atoms with van der Waals surface area (Å²) in [5, 5.41) is 4.08. The van der Waals surface area contributed by atoms with Crippen LogP contribution in [0.25, 0.3) is 10.9 Å². The number of aromatic amines is 1. The molecule has 0 radical (unpaired) electrons. The monoisotopic (exact) mass is 257 g/mol. The van der Waals surface area contributed by atoms with E-state index in [1.807, 2.05) is 35.4 Å². The van der Waals surface area contributed by atoms with Gasteiger partial charge >= 0.3 is 6.03 Å². The number of urea groups is 1. The molecule has 1 aromatic carbocycles. The van der Waals surface area contributed by atoms with Crippen LogP contribution in [0.1, 0.15) is 19.8 Å². The molecule has 19 heavy (non-hydrogen) atoms. The molecule has 2 amide bonds. The first-order chi connectivity index (χ1) is 9.24. The standard InChI is InChI=1S/C15H19N3O/c1-11-4-3-9-18(10-11)15(19)17-14-6-2-5-13-12(14)7-8-16-13/h2,5-8,11,16H,3-4,9-10H2,1H3,(H,17,19). The minimum atomic E-state index is 0.0141. The number of benzene rings is 1. The number of likely N-dealkylation sites (tertiary alicyclic amines) is 1. The number of hydrogen-bond donors (Lipinski definition) is 2. The highest BCUT2D eigenvalue weighted by atomic mass is 16.2. The fraction of sp³-hybridized carbons (Fsp3) is 0.400. The van der Waals surface area contributed by atoms with Gasteiger partial charge in [0.05, 0.1) is 5.69 Å². The Morgan fingerprint density at radius 2 is 2.32 bits per heavy atom. The number of fused-ring (bicyclic) bond motifs is 1. The summed E-state index contributed by atoms with van der Waals surface area (Å²) >= 11 is 0. The van der Waals surface area contributed by atoms with Crippen LogP contribution in [-0.4, -0.2) is 29.0 Å². The highest BCUT2D eigenvalue weighted by Gasteiger charge is 2.21. The molecule has 100 valence electrons. The van der Waals surface area contributed by atoms with Gasteiger partial charge in [0.25, 0.3) is 0 Å². The molecule has 1 aliphatic heterocycles. The van der Waals surface area contributed by atoms with E-state index in [1.165, 1.54) is 6.42 Å². The Kier molecular flexibility index (Phi) is 3.15. The third kappa shape index (κ3) is 2.43. The van der Waals surface area contributed by atoms with Gasteiger partial charge in [0.1, 0.15) is 0 Å². The number of aromatic nitrogens is 1. The zero-order valence-electron chi connectivity index (χ0n) is 11.1. The lowest BCUT2D eigenvalue weighted by molar-refractivity contribution is 0.182. The number of piperidine rings is 1. The molecule has 1 aromatic heterocycles. The minimum absolute atomic E-state index is 0.0141. The summed E-state index contributed by atoms with van der Waals surface area (Å²) in [6.45, 7) is 3.92. The number of carbonyl (C=O) groups excluding carboxylic acids is 1. The molecular formula is C15H19N3O. The molecule has 0 saturated carbocycles. The number of nitrogens with zero attached hydrogens (tertiary/aromatic N) is 1. The molecule has 0 aliphatic carbocycles. The summed E-state index contributed by atoms with van der Waals surface area (Å²) in [5.41, 5.74) is 1.92. The van der Waals surface area contributed by atoms with Crippen LogP contribution in [-0.2, 0) is 0 Å². The van der Waals surface area contributed by atoms with E-state index >= 15 is 0 Å². The van der Waals surface area contributed by atoms with E-state index in [9.17, 15) is 4.79 Å². The van der Waals surface area contributed by atoms with E-state index in [-0.39, 0.29) is 6.03 Å². The molecule has 4 nitrogen and oxygen atoms in total. The first kappa shape index (κ1) is 12.1. The van der Waals surface area contributed by atoms with Crippen LogP contribution < -0.4 is 5.32 Å². The van der Waals surface area contributed by atoms with E-state index in [4.69, 9.17) is 0 Å². The van der Waals surface area contributed by atoms with E-state index < -0.39 is 0 Å². The molecule has 1 atom stereocenters. The Balaban J connectivity index is 1.77. The summed E-state index contributed by atoms with van der Waals surface area (Å²) in [6, 6.07) is 7.91. The number of amides is 2. The second-order valence-corrected chi connectivity index (χ2v) is 5.37. The zero-order chi connectivity index (χ0) is 13.2. The van der Waals surface area contributed by atoms with Crippen molar-refractivity contribution in [1.82, 2.24) is 9.88 Å². The summed E-state index contributed by atoms with van der Waals surface area (Å²) in [4.78, 5) is 17.4. The topological polar surface area (TPSA) is 48.1 Å². The van der Waals surface area contributed by atoms with Crippen LogP contribution in [0.15, 0.2) is 30.5 Å². The SMILES string of the molecule is CC1CCCN(C(=O)Nc2cccc3[nH]ccc23)C1. The molecule has 3 rings (SSSR count). The van der Waals surface area contributed by atoms with Gasteiger partial charge in [0, 0.05) is 30.2 Å². The average Bonchev–Trinajstić information content (AvgIpc) is 2.88. The molecule has 4 heteroatoms. The Hall–Kier alpha value is -1.97. The fourth-order valence-corrected chi connectivity index (χ4v) is 2.76. The Morgan fingerprint density at radius 3 is 3.16 bits per heavy atom. The van der Waals surface area contributed by atoms with Crippen molar-refractivity contribution in [3.8, 4) is 0 Å². The first-order valence-electron chi connectivity index (χ1n) is 6.86. The summed E-state index contributed by atoms with van der Waals surface area (Å²) < 4.78 is 0. The Labute approximate surface area is 112 Å². The lowest BCUT2D eigenvalue weighted by Crippen LogP contribution is -2.41. The van der Waals surface area contributed by atoms with Crippen molar-refractivity contribution in [2.75, 3.05) is 18.4 Å². The molecule has 1 aliphatic rings. The van der Waals surface area contributed by atoms with Crippen LogP contribution in [0.5, 0.6) is 0 Å². The van der Waals surface area contributed by atoms with Crippen molar-refractivity contribution in [3.63, 3.8) is 0 Å². The molecule has 0 spiro atoms. The van der Waals surface area contributed by atoms with Gasteiger partial charge in [-0.05, 0) is 37.0 Å². The van der Waals surface area contributed by atoms with Crippen molar-refractivity contribution < 1.29 is 4.79 Å². The average molecular weight is 257 g/mol. The Bertz CT molecular complexity index is 590. The number of anilines is 1. The third-order valence-electron chi connectivity index (χ3n) is 3.78. The summed E-state index contributed by atoms with van der Waals surface area (Å²) in [5.74, 6) is 0.600. The van der Waals surface area contributed by atoms with Gasteiger partial charge in [0.15, 0.2) is 0 Å². The first-order valence-corrected chi connectivity index (χ1v) is 6.86. The molecule has 2 N–H and O–H groups in total. The highest BCUT2D eigenvalue weighted by Crippen LogP contribution is 2.23. The molecule has 1 unspecified atom stereocenters. The normalized spacial score (nSPS) is 19.6. The van der Waals surface area contributed by atoms with Gasteiger partial charge in [0.2, 0.25) is 0 Å². The van der Waals surface area contributed by atoms with Gasteiger partial charge in [-0.2, -0.15) is 0 Å². The lowest BCUT2D eigenvalue weighted by Gasteiger charge is -2.31.